The molecule has 0 aliphatic carbocycles. The Labute approximate surface area is 90.8 Å². The molecule has 0 aliphatic heterocycles. The molecular formula is C14H28. The van der Waals surface area contributed by atoms with Crippen molar-refractivity contribution < 1.29 is 0 Å². The summed E-state index contributed by atoms with van der Waals surface area (Å²) in [6.07, 6.45) is 15.6. The fourth-order valence-corrected chi connectivity index (χ4v) is 1.63. The van der Waals surface area contributed by atoms with E-state index in [0.717, 1.165) is 5.92 Å². The average Bonchev–Trinajstić information content (AvgIpc) is 2.15. The topological polar surface area (TPSA) is 0 Å². The lowest BCUT2D eigenvalue weighted by Crippen LogP contribution is -1.86. The normalized spacial score (nSPS) is 11.7. The second-order valence-electron chi connectivity index (χ2n) is 4.62. The van der Waals surface area contributed by atoms with Gasteiger partial charge >= 0.3 is 0 Å². The Morgan fingerprint density at radius 3 is 2.14 bits per heavy atom. The van der Waals surface area contributed by atoms with Crippen LogP contribution in [0.2, 0.25) is 0 Å². The zero-order valence-electron chi connectivity index (χ0n) is 10.4. The molecule has 0 aromatic carbocycles. The van der Waals surface area contributed by atoms with Crippen molar-refractivity contribution >= 4 is 0 Å². The van der Waals surface area contributed by atoms with Gasteiger partial charge in [-0.25, -0.2) is 0 Å². The summed E-state index contributed by atoms with van der Waals surface area (Å²) in [5.74, 6) is 0.891. The van der Waals surface area contributed by atoms with Crippen molar-refractivity contribution in [1.29, 1.82) is 0 Å². The Morgan fingerprint density at radius 2 is 1.50 bits per heavy atom. The molecule has 0 atom stereocenters. The number of rotatable bonds is 9. The first kappa shape index (κ1) is 13.7. The van der Waals surface area contributed by atoms with Crippen LogP contribution in [0.5, 0.6) is 0 Å². The molecule has 0 rings (SSSR count). The first-order valence-corrected chi connectivity index (χ1v) is 6.42. The van der Waals surface area contributed by atoms with Gasteiger partial charge in [-0.2, -0.15) is 0 Å². The van der Waals surface area contributed by atoms with Crippen molar-refractivity contribution in [3.8, 4) is 0 Å². The van der Waals surface area contributed by atoms with Crippen LogP contribution in [0.25, 0.3) is 0 Å². The van der Waals surface area contributed by atoms with Crippen LogP contribution < -0.4 is 0 Å². The fourth-order valence-electron chi connectivity index (χ4n) is 1.63. The van der Waals surface area contributed by atoms with Crippen LogP contribution in [0.4, 0.5) is 0 Å². The zero-order chi connectivity index (χ0) is 10.6. The van der Waals surface area contributed by atoms with Crippen LogP contribution in [0.3, 0.4) is 0 Å². The highest BCUT2D eigenvalue weighted by molar-refractivity contribution is 4.79. The summed E-state index contributed by atoms with van der Waals surface area (Å²) in [5, 5.41) is 0. The summed E-state index contributed by atoms with van der Waals surface area (Å²) in [4.78, 5) is 0. The van der Waals surface area contributed by atoms with Gasteiger partial charge in [0.15, 0.2) is 0 Å². The molecule has 14 heavy (non-hydrogen) atoms. The van der Waals surface area contributed by atoms with Crippen LogP contribution >= 0.6 is 0 Å². The summed E-state index contributed by atoms with van der Waals surface area (Å²) < 4.78 is 0. The molecule has 0 spiro atoms. The molecule has 0 aromatic rings. The molecule has 0 nitrogen and oxygen atoms in total. The molecule has 0 fully saturated rings. The van der Waals surface area contributed by atoms with Crippen LogP contribution in [0.1, 0.15) is 72.1 Å². The molecule has 0 saturated carbocycles. The van der Waals surface area contributed by atoms with Crippen molar-refractivity contribution in [1.82, 2.24) is 0 Å². The molecule has 0 N–H and O–H groups in total. The Hall–Kier alpha value is -0.260. The molecule has 0 heteroatoms. The van der Waals surface area contributed by atoms with E-state index in [9.17, 15) is 0 Å². The smallest absolute Gasteiger partial charge is 0.0351 e. The van der Waals surface area contributed by atoms with Crippen LogP contribution in [0, 0.1) is 5.92 Å². The van der Waals surface area contributed by atoms with Gasteiger partial charge in [-0.05, 0) is 25.2 Å². The lowest BCUT2D eigenvalue weighted by molar-refractivity contribution is 0.516. The van der Waals surface area contributed by atoms with Gasteiger partial charge in [0.2, 0.25) is 0 Å². The first-order valence-electron chi connectivity index (χ1n) is 6.42. The molecule has 0 heterocycles. The van der Waals surface area contributed by atoms with Gasteiger partial charge in [0, 0.05) is 0 Å². The molecule has 0 saturated heterocycles. The quantitative estimate of drug-likeness (QED) is 0.345. The summed E-state index contributed by atoms with van der Waals surface area (Å²) in [6.45, 7) is 6.83. The molecule has 0 amide bonds. The third-order valence-electron chi connectivity index (χ3n) is 2.55. The van der Waals surface area contributed by atoms with Crippen LogP contribution in [-0.2, 0) is 0 Å². The fraction of sp³-hybridized carbons (Fsp3) is 0.857. The number of unbranched alkanes of at least 4 members (excludes halogenated alkanes) is 5. The Morgan fingerprint density at radius 1 is 0.857 bits per heavy atom. The number of hydrogen-bond acceptors (Lipinski definition) is 0. The van der Waals surface area contributed by atoms with Crippen molar-refractivity contribution in [3.63, 3.8) is 0 Å². The number of hydrogen-bond donors (Lipinski definition) is 0. The maximum atomic E-state index is 2.33. The highest BCUT2D eigenvalue weighted by Crippen LogP contribution is 2.11. The monoisotopic (exact) mass is 196 g/mol. The van der Waals surface area contributed by atoms with E-state index in [4.69, 9.17) is 0 Å². The zero-order valence-corrected chi connectivity index (χ0v) is 10.4. The van der Waals surface area contributed by atoms with E-state index in [1.165, 1.54) is 51.4 Å². The van der Waals surface area contributed by atoms with Crippen molar-refractivity contribution in [2.75, 3.05) is 0 Å². The summed E-state index contributed by atoms with van der Waals surface area (Å²) >= 11 is 0. The second kappa shape index (κ2) is 10.8. The highest BCUT2D eigenvalue weighted by atomic mass is 14.0. The maximum Gasteiger partial charge on any atom is -0.0351 e. The van der Waals surface area contributed by atoms with E-state index >= 15 is 0 Å². The average molecular weight is 196 g/mol. The molecule has 0 unspecified atom stereocenters. The molecule has 84 valence electrons. The second-order valence-corrected chi connectivity index (χ2v) is 4.62. The minimum absolute atomic E-state index is 0.891. The third-order valence-corrected chi connectivity index (χ3v) is 2.55. The SMILES string of the molecule is CC/C=C/CCCCCCCC(C)C. The van der Waals surface area contributed by atoms with E-state index in [0.29, 0.717) is 0 Å². The first-order chi connectivity index (χ1) is 6.77. The summed E-state index contributed by atoms with van der Waals surface area (Å²) in [7, 11) is 0. The predicted octanol–water partition coefficient (Wildman–Crippen LogP) is 5.34. The lowest BCUT2D eigenvalue weighted by atomic mass is 10.0. The molecule has 0 radical (unpaired) electrons. The van der Waals surface area contributed by atoms with E-state index in [-0.39, 0.29) is 0 Å². The highest BCUT2D eigenvalue weighted by Gasteiger charge is 1.93. The third kappa shape index (κ3) is 11.7. The predicted molar refractivity (Wildman–Crippen MR) is 66.6 cm³/mol. The van der Waals surface area contributed by atoms with E-state index in [1.807, 2.05) is 0 Å². The van der Waals surface area contributed by atoms with Crippen LogP contribution in [-0.4, -0.2) is 0 Å². The summed E-state index contributed by atoms with van der Waals surface area (Å²) in [5.41, 5.74) is 0. The van der Waals surface area contributed by atoms with Gasteiger partial charge in [0.25, 0.3) is 0 Å². The van der Waals surface area contributed by atoms with E-state index in [2.05, 4.69) is 32.9 Å². The minimum atomic E-state index is 0.891. The number of allylic oxidation sites excluding steroid dienone is 2. The van der Waals surface area contributed by atoms with Crippen molar-refractivity contribution in [2.45, 2.75) is 72.1 Å². The summed E-state index contributed by atoms with van der Waals surface area (Å²) in [6, 6.07) is 0. The van der Waals surface area contributed by atoms with E-state index < -0.39 is 0 Å². The maximum absolute atomic E-state index is 2.33. The van der Waals surface area contributed by atoms with Gasteiger partial charge in [0.1, 0.15) is 0 Å². The molecular weight excluding hydrogens is 168 g/mol. The van der Waals surface area contributed by atoms with Gasteiger partial charge < -0.3 is 0 Å². The van der Waals surface area contributed by atoms with Crippen LogP contribution in [0.15, 0.2) is 12.2 Å². The minimum Gasteiger partial charge on any atom is -0.0888 e. The van der Waals surface area contributed by atoms with Gasteiger partial charge in [-0.15, -0.1) is 0 Å². The van der Waals surface area contributed by atoms with E-state index in [1.54, 1.807) is 0 Å². The largest absolute Gasteiger partial charge is 0.0888 e. The molecule has 0 aromatic heterocycles. The Balaban J connectivity index is 2.95. The van der Waals surface area contributed by atoms with Crippen molar-refractivity contribution in [3.05, 3.63) is 12.2 Å². The Bertz CT molecular complexity index is 122. The van der Waals surface area contributed by atoms with Gasteiger partial charge in [-0.1, -0.05) is 65.0 Å². The standard InChI is InChI=1S/C14H28/c1-4-5-6-7-8-9-10-11-12-13-14(2)3/h5-6,14H,4,7-13H2,1-3H3/b6-5+. The van der Waals surface area contributed by atoms with Gasteiger partial charge in [0.05, 0.1) is 0 Å². The molecule has 0 aliphatic rings. The van der Waals surface area contributed by atoms with Crippen molar-refractivity contribution in [2.24, 2.45) is 5.92 Å². The van der Waals surface area contributed by atoms with Gasteiger partial charge in [-0.3, -0.25) is 0 Å². The molecule has 0 bridgehead atoms. The lowest BCUT2D eigenvalue weighted by Gasteiger charge is -2.03. The Kier molecular flexibility index (Phi) is 10.6.